The Kier molecular flexibility index (Phi) is 8.41. The van der Waals surface area contributed by atoms with Crippen LogP contribution in [0.2, 0.25) is 0 Å². The fourth-order valence-electron chi connectivity index (χ4n) is 3.95. The van der Waals surface area contributed by atoms with Crippen LogP contribution in [-0.2, 0) is 38.8 Å². The van der Waals surface area contributed by atoms with E-state index in [0.717, 1.165) is 16.7 Å². The van der Waals surface area contributed by atoms with Crippen LogP contribution in [0.4, 0.5) is 8.78 Å². The van der Waals surface area contributed by atoms with Crippen LogP contribution in [-0.4, -0.2) is 24.4 Å². The van der Waals surface area contributed by atoms with E-state index in [2.05, 4.69) is 0 Å². The molecular formula is C28H28F2O4. The predicted octanol–water partition coefficient (Wildman–Crippen LogP) is 6.27. The van der Waals surface area contributed by atoms with Gasteiger partial charge in [0.25, 0.3) is 0 Å². The first-order chi connectivity index (χ1) is 16.6. The number of ether oxygens (including phenoxy) is 4. The Labute approximate surface area is 198 Å². The summed E-state index contributed by atoms with van der Waals surface area (Å²) in [4.78, 5) is 0. The summed E-state index contributed by atoms with van der Waals surface area (Å²) in [6.45, 7) is 2.38. The molecule has 0 bridgehead atoms. The van der Waals surface area contributed by atoms with E-state index < -0.39 is 36.3 Å². The number of rotatable bonds is 9. The molecule has 0 amide bonds. The molecule has 1 heterocycles. The first-order valence-corrected chi connectivity index (χ1v) is 11.3. The number of hydrogen-bond donors (Lipinski definition) is 0. The van der Waals surface area contributed by atoms with E-state index in [0.29, 0.717) is 6.61 Å². The van der Waals surface area contributed by atoms with Gasteiger partial charge in [0.05, 0.1) is 19.8 Å². The quantitative estimate of drug-likeness (QED) is 0.373. The Morgan fingerprint density at radius 3 is 1.50 bits per heavy atom. The molecule has 6 heteroatoms. The zero-order chi connectivity index (χ0) is 23.8. The Hall–Kier alpha value is -3.06. The highest BCUT2D eigenvalue weighted by Crippen LogP contribution is 2.34. The first-order valence-electron chi connectivity index (χ1n) is 11.3. The Morgan fingerprint density at radius 1 is 0.647 bits per heavy atom. The number of halogens is 2. The molecule has 0 N–H and O–H groups in total. The average Bonchev–Trinajstić information content (AvgIpc) is 2.87. The van der Waals surface area contributed by atoms with E-state index in [1.165, 1.54) is 0 Å². The van der Waals surface area contributed by atoms with Crippen molar-refractivity contribution >= 4 is 0 Å². The molecule has 0 aromatic heterocycles. The molecule has 0 saturated carbocycles. The van der Waals surface area contributed by atoms with Crippen molar-refractivity contribution in [2.24, 2.45) is 0 Å². The molecule has 0 radical (unpaired) electrons. The SMILES string of the molecule is C[C@@H]1OC(=C(F)F)[C@@H](OCc2ccccc2)[C@H](OCc2ccccc2)[C@H]1OCc1ccccc1. The van der Waals surface area contributed by atoms with Gasteiger partial charge in [-0.3, -0.25) is 0 Å². The highest BCUT2D eigenvalue weighted by Gasteiger charge is 2.46. The molecule has 1 saturated heterocycles. The van der Waals surface area contributed by atoms with Gasteiger partial charge in [-0.1, -0.05) is 91.0 Å². The Bertz CT molecular complexity index is 1040. The summed E-state index contributed by atoms with van der Waals surface area (Å²) in [6, 6.07) is 28.7. The molecular weight excluding hydrogens is 438 g/mol. The summed E-state index contributed by atoms with van der Waals surface area (Å²) in [5.74, 6) is -0.499. The van der Waals surface area contributed by atoms with Crippen molar-refractivity contribution < 1.29 is 27.7 Å². The molecule has 178 valence electrons. The zero-order valence-corrected chi connectivity index (χ0v) is 19.0. The monoisotopic (exact) mass is 466 g/mol. The van der Waals surface area contributed by atoms with Crippen molar-refractivity contribution in [3.63, 3.8) is 0 Å². The summed E-state index contributed by atoms with van der Waals surface area (Å²) < 4.78 is 52.0. The van der Waals surface area contributed by atoms with Crippen LogP contribution in [0.15, 0.2) is 103 Å². The van der Waals surface area contributed by atoms with Crippen LogP contribution in [0.3, 0.4) is 0 Å². The second-order valence-corrected chi connectivity index (χ2v) is 8.19. The summed E-state index contributed by atoms with van der Waals surface area (Å²) >= 11 is 0. The van der Waals surface area contributed by atoms with E-state index in [1.807, 2.05) is 91.0 Å². The summed E-state index contributed by atoms with van der Waals surface area (Å²) in [6.07, 6.45) is -5.11. The fraction of sp³-hybridized carbons (Fsp3) is 0.286. The smallest absolute Gasteiger partial charge is 0.310 e. The molecule has 3 aromatic rings. The second-order valence-electron chi connectivity index (χ2n) is 8.19. The predicted molar refractivity (Wildman–Crippen MR) is 125 cm³/mol. The van der Waals surface area contributed by atoms with Crippen LogP contribution in [0.5, 0.6) is 0 Å². The van der Waals surface area contributed by atoms with Gasteiger partial charge >= 0.3 is 6.08 Å². The van der Waals surface area contributed by atoms with Gasteiger partial charge < -0.3 is 18.9 Å². The Balaban J connectivity index is 1.58. The molecule has 0 aliphatic carbocycles. The summed E-state index contributed by atoms with van der Waals surface area (Å²) in [5.41, 5.74) is 2.76. The van der Waals surface area contributed by atoms with Gasteiger partial charge in [0.1, 0.15) is 24.4 Å². The molecule has 4 nitrogen and oxygen atoms in total. The summed E-state index contributed by atoms with van der Waals surface area (Å²) in [7, 11) is 0. The topological polar surface area (TPSA) is 36.9 Å². The van der Waals surface area contributed by atoms with E-state index >= 15 is 0 Å². The van der Waals surface area contributed by atoms with Crippen molar-refractivity contribution in [2.45, 2.75) is 51.2 Å². The molecule has 0 spiro atoms. The van der Waals surface area contributed by atoms with Gasteiger partial charge in [-0.25, -0.2) is 0 Å². The normalized spacial score (nSPS) is 22.3. The van der Waals surface area contributed by atoms with Crippen LogP contribution in [0, 0.1) is 0 Å². The lowest BCUT2D eigenvalue weighted by Crippen LogP contribution is -2.54. The van der Waals surface area contributed by atoms with Gasteiger partial charge in [-0.05, 0) is 23.6 Å². The molecule has 1 aliphatic rings. The molecule has 1 fully saturated rings. The number of hydrogen-bond acceptors (Lipinski definition) is 4. The maximum Gasteiger partial charge on any atom is 0.310 e. The largest absolute Gasteiger partial charge is 0.484 e. The van der Waals surface area contributed by atoms with Crippen LogP contribution in [0.25, 0.3) is 0 Å². The third kappa shape index (κ3) is 6.29. The molecule has 4 rings (SSSR count). The summed E-state index contributed by atoms with van der Waals surface area (Å²) in [5, 5.41) is 0. The van der Waals surface area contributed by atoms with Gasteiger partial charge in [-0.2, -0.15) is 8.78 Å². The molecule has 3 aromatic carbocycles. The van der Waals surface area contributed by atoms with Gasteiger partial charge in [0.2, 0.25) is 0 Å². The highest BCUT2D eigenvalue weighted by molar-refractivity contribution is 5.17. The lowest BCUT2D eigenvalue weighted by atomic mass is 9.97. The van der Waals surface area contributed by atoms with Gasteiger partial charge in [0.15, 0.2) is 5.76 Å². The van der Waals surface area contributed by atoms with Crippen molar-refractivity contribution in [2.75, 3.05) is 0 Å². The average molecular weight is 467 g/mol. The standard InChI is InChI=1S/C28H28F2O4/c1-20-24(31-17-21-11-5-2-6-12-21)25(32-18-22-13-7-3-8-14-22)26(27(34-20)28(29)30)33-19-23-15-9-4-10-16-23/h2-16,20,24-26H,17-19H2,1H3/t20-,24-,25+,26-/m0/s1. The van der Waals surface area contributed by atoms with E-state index in [9.17, 15) is 8.78 Å². The van der Waals surface area contributed by atoms with Crippen molar-refractivity contribution in [1.82, 2.24) is 0 Å². The number of benzene rings is 3. The van der Waals surface area contributed by atoms with Crippen molar-refractivity contribution in [1.29, 1.82) is 0 Å². The van der Waals surface area contributed by atoms with Crippen LogP contribution in [0.1, 0.15) is 23.6 Å². The maximum atomic E-state index is 14.0. The zero-order valence-electron chi connectivity index (χ0n) is 19.0. The van der Waals surface area contributed by atoms with Gasteiger partial charge in [-0.15, -0.1) is 0 Å². The second kappa shape index (κ2) is 11.9. The Morgan fingerprint density at radius 2 is 1.06 bits per heavy atom. The van der Waals surface area contributed by atoms with Crippen LogP contribution < -0.4 is 0 Å². The van der Waals surface area contributed by atoms with E-state index in [1.54, 1.807) is 6.92 Å². The minimum atomic E-state index is -1.92. The van der Waals surface area contributed by atoms with E-state index in [4.69, 9.17) is 18.9 Å². The molecule has 1 aliphatic heterocycles. The van der Waals surface area contributed by atoms with E-state index in [-0.39, 0.29) is 13.2 Å². The third-order valence-corrected chi connectivity index (χ3v) is 5.69. The fourth-order valence-corrected chi connectivity index (χ4v) is 3.95. The first kappa shape index (κ1) is 24.1. The molecule has 0 unspecified atom stereocenters. The third-order valence-electron chi connectivity index (χ3n) is 5.69. The molecule has 34 heavy (non-hydrogen) atoms. The van der Waals surface area contributed by atoms with Crippen molar-refractivity contribution in [3.8, 4) is 0 Å². The lowest BCUT2D eigenvalue weighted by Gasteiger charge is -2.42. The maximum absolute atomic E-state index is 14.0. The molecule has 4 atom stereocenters. The lowest BCUT2D eigenvalue weighted by molar-refractivity contribution is -0.213. The van der Waals surface area contributed by atoms with Crippen molar-refractivity contribution in [3.05, 3.63) is 120 Å². The van der Waals surface area contributed by atoms with Gasteiger partial charge in [0, 0.05) is 0 Å². The minimum absolute atomic E-state index is 0.136. The highest BCUT2D eigenvalue weighted by atomic mass is 19.3. The minimum Gasteiger partial charge on any atom is -0.484 e. The van der Waals surface area contributed by atoms with Crippen LogP contribution >= 0.6 is 0 Å².